The van der Waals surface area contributed by atoms with Crippen LogP contribution in [0.1, 0.15) is 40.2 Å². The van der Waals surface area contributed by atoms with Gasteiger partial charge in [0.25, 0.3) is 5.91 Å². The molecule has 0 unspecified atom stereocenters. The summed E-state index contributed by atoms with van der Waals surface area (Å²) in [6.07, 6.45) is 2.56. The van der Waals surface area contributed by atoms with Crippen LogP contribution in [0.15, 0.2) is 23.1 Å². The van der Waals surface area contributed by atoms with Crippen molar-refractivity contribution in [3.63, 3.8) is 0 Å². The van der Waals surface area contributed by atoms with Gasteiger partial charge in [0.05, 0.1) is 24.7 Å². The van der Waals surface area contributed by atoms with E-state index in [4.69, 9.17) is 4.74 Å². The molecule has 4 rings (SSSR count). The van der Waals surface area contributed by atoms with Gasteiger partial charge in [0.2, 0.25) is 10.0 Å². The second kappa shape index (κ2) is 7.85. The molecule has 1 fully saturated rings. The van der Waals surface area contributed by atoms with Crippen molar-refractivity contribution in [1.82, 2.24) is 19.8 Å². The highest BCUT2D eigenvalue weighted by Gasteiger charge is 2.29. The molecular weight excluding hydrogens is 399 g/mol. The molecule has 2 aliphatic rings. The average molecular weight is 422 g/mol. The summed E-state index contributed by atoms with van der Waals surface area (Å²) in [6, 6.07) is 3.87. The number of aryl methyl sites for hydroxylation is 1. The lowest BCUT2D eigenvalue weighted by atomic mass is 10.1. The lowest BCUT2D eigenvalue weighted by molar-refractivity contribution is 0.0922. The van der Waals surface area contributed by atoms with E-state index in [1.807, 2.05) is 0 Å². The maximum absolute atomic E-state index is 13.5. The Balaban J connectivity index is 1.49. The van der Waals surface area contributed by atoms with E-state index in [1.54, 1.807) is 11.6 Å². The van der Waals surface area contributed by atoms with Crippen LogP contribution in [0, 0.1) is 12.7 Å². The van der Waals surface area contributed by atoms with Crippen LogP contribution in [0.4, 0.5) is 4.39 Å². The normalized spacial score (nSPS) is 16.5. The maximum Gasteiger partial charge on any atom is 0.272 e. The Morgan fingerprint density at radius 3 is 2.93 bits per heavy atom. The van der Waals surface area contributed by atoms with E-state index in [0.29, 0.717) is 30.9 Å². The minimum atomic E-state index is -3.86. The molecule has 2 N–H and O–H groups in total. The molecule has 0 bridgehead atoms. The van der Waals surface area contributed by atoms with Crippen LogP contribution in [0.3, 0.4) is 0 Å². The number of hydrogen-bond acceptors (Lipinski definition) is 5. The van der Waals surface area contributed by atoms with E-state index >= 15 is 0 Å². The van der Waals surface area contributed by atoms with Gasteiger partial charge in [-0.25, -0.2) is 17.5 Å². The minimum Gasteiger partial charge on any atom is -0.376 e. The number of aromatic nitrogens is 2. The molecule has 2 heterocycles. The van der Waals surface area contributed by atoms with Crippen LogP contribution in [-0.4, -0.2) is 43.3 Å². The summed E-state index contributed by atoms with van der Waals surface area (Å²) in [5, 5.41) is 7.36. The zero-order chi connectivity index (χ0) is 20.6. The van der Waals surface area contributed by atoms with Crippen molar-refractivity contribution in [2.75, 3.05) is 13.2 Å². The molecule has 2 aromatic rings. The van der Waals surface area contributed by atoms with Crippen molar-refractivity contribution in [3.05, 3.63) is 46.5 Å². The quantitative estimate of drug-likeness (QED) is 0.700. The molecule has 1 aliphatic carbocycles. The van der Waals surface area contributed by atoms with Gasteiger partial charge >= 0.3 is 0 Å². The number of carbonyl (C=O) groups is 1. The van der Waals surface area contributed by atoms with Gasteiger partial charge in [-0.05, 0) is 37.5 Å². The number of benzene rings is 1. The molecule has 1 saturated carbocycles. The molecule has 0 radical (unpaired) electrons. The van der Waals surface area contributed by atoms with E-state index in [9.17, 15) is 17.6 Å². The first-order chi connectivity index (χ1) is 13.8. The van der Waals surface area contributed by atoms with E-state index in [0.717, 1.165) is 30.2 Å². The van der Waals surface area contributed by atoms with E-state index in [2.05, 4.69) is 15.1 Å². The van der Waals surface area contributed by atoms with Crippen molar-refractivity contribution in [3.8, 4) is 0 Å². The van der Waals surface area contributed by atoms with Gasteiger partial charge in [0.15, 0.2) is 5.69 Å². The predicted octanol–water partition coefficient (Wildman–Crippen LogP) is 1.27. The number of nitrogens with zero attached hydrogens (tertiary/aromatic N) is 2. The molecule has 8 nitrogen and oxygen atoms in total. The van der Waals surface area contributed by atoms with Gasteiger partial charge < -0.3 is 10.1 Å². The fourth-order valence-corrected chi connectivity index (χ4v) is 4.66. The molecule has 0 saturated heterocycles. The summed E-state index contributed by atoms with van der Waals surface area (Å²) in [7, 11) is -3.86. The lowest BCUT2D eigenvalue weighted by Gasteiger charge is -2.15. The molecule has 1 aromatic heterocycles. The van der Waals surface area contributed by atoms with Gasteiger partial charge in [-0.2, -0.15) is 5.10 Å². The SMILES string of the molecule is Cc1ccc(F)cc1S(=O)(=O)NCCn1nc(C(=O)NC2CC2)c2c1CCOC2. The molecule has 1 aromatic carbocycles. The number of rotatable bonds is 7. The number of sulfonamides is 1. The fraction of sp³-hybridized carbons (Fsp3) is 0.474. The summed E-state index contributed by atoms with van der Waals surface area (Å²) >= 11 is 0. The number of ether oxygens (including phenoxy) is 1. The Morgan fingerprint density at radius 1 is 1.38 bits per heavy atom. The van der Waals surface area contributed by atoms with Crippen molar-refractivity contribution in [2.45, 2.75) is 50.3 Å². The third-order valence-electron chi connectivity index (χ3n) is 5.08. The molecule has 29 heavy (non-hydrogen) atoms. The third-order valence-corrected chi connectivity index (χ3v) is 6.68. The Labute approximate surface area is 168 Å². The van der Waals surface area contributed by atoms with Gasteiger partial charge in [-0.3, -0.25) is 9.48 Å². The van der Waals surface area contributed by atoms with Crippen LogP contribution < -0.4 is 10.0 Å². The van der Waals surface area contributed by atoms with Crippen LogP contribution in [0.5, 0.6) is 0 Å². The smallest absolute Gasteiger partial charge is 0.272 e. The lowest BCUT2D eigenvalue weighted by Crippen LogP contribution is -2.29. The van der Waals surface area contributed by atoms with Crippen molar-refractivity contribution in [1.29, 1.82) is 0 Å². The first-order valence-corrected chi connectivity index (χ1v) is 11.1. The van der Waals surface area contributed by atoms with E-state index < -0.39 is 15.8 Å². The highest BCUT2D eigenvalue weighted by Crippen LogP contribution is 2.24. The first-order valence-electron chi connectivity index (χ1n) is 9.58. The molecular formula is C19H23FN4O4S. The zero-order valence-electron chi connectivity index (χ0n) is 16.1. The molecule has 0 spiro atoms. The van der Waals surface area contributed by atoms with Gasteiger partial charge in [-0.1, -0.05) is 6.07 Å². The standard InChI is InChI=1S/C19H23FN4O4S/c1-12-2-3-13(20)10-17(12)29(26,27)21-7-8-24-16-6-9-28-11-15(16)18(23-24)19(25)22-14-4-5-14/h2-3,10,14,21H,4-9,11H2,1H3,(H,22,25). The fourth-order valence-electron chi connectivity index (χ4n) is 3.38. The molecule has 1 aliphatic heterocycles. The Kier molecular flexibility index (Phi) is 5.41. The molecule has 0 atom stereocenters. The number of hydrogen-bond donors (Lipinski definition) is 2. The molecule has 156 valence electrons. The molecule has 1 amide bonds. The summed E-state index contributed by atoms with van der Waals surface area (Å²) in [5.41, 5.74) is 2.46. The second-order valence-electron chi connectivity index (χ2n) is 7.35. The minimum absolute atomic E-state index is 0.0664. The Hall–Kier alpha value is -2.30. The van der Waals surface area contributed by atoms with Crippen LogP contribution in [-0.2, 0) is 34.3 Å². The predicted molar refractivity (Wildman–Crippen MR) is 102 cm³/mol. The number of amides is 1. The number of halogens is 1. The van der Waals surface area contributed by atoms with E-state index in [-0.39, 0.29) is 29.9 Å². The van der Waals surface area contributed by atoms with Crippen molar-refractivity contribution >= 4 is 15.9 Å². The van der Waals surface area contributed by atoms with Crippen LogP contribution >= 0.6 is 0 Å². The molecule has 10 heteroatoms. The van der Waals surface area contributed by atoms with Crippen LogP contribution in [0.2, 0.25) is 0 Å². The monoisotopic (exact) mass is 422 g/mol. The maximum atomic E-state index is 13.5. The van der Waals surface area contributed by atoms with Gasteiger partial charge in [0.1, 0.15) is 5.82 Å². The highest BCUT2D eigenvalue weighted by molar-refractivity contribution is 7.89. The summed E-state index contributed by atoms with van der Waals surface area (Å²) in [6.45, 7) is 2.78. The van der Waals surface area contributed by atoms with Gasteiger partial charge in [0, 0.05) is 30.3 Å². The largest absolute Gasteiger partial charge is 0.376 e. The van der Waals surface area contributed by atoms with Crippen molar-refractivity contribution < 1.29 is 22.3 Å². The topological polar surface area (TPSA) is 102 Å². The van der Waals surface area contributed by atoms with Crippen molar-refractivity contribution in [2.24, 2.45) is 0 Å². The second-order valence-corrected chi connectivity index (χ2v) is 9.09. The number of carbonyl (C=O) groups excluding carboxylic acids is 1. The Bertz CT molecular complexity index is 1050. The third kappa shape index (κ3) is 4.34. The number of nitrogens with one attached hydrogen (secondary N) is 2. The summed E-state index contributed by atoms with van der Waals surface area (Å²) in [5.74, 6) is -0.826. The van der Waals surface area contributed by atoms with Gasteiger partial charge in [-0.15, -0.1) is 0 Å². The van der Waals surface area contributed by atoms with E-state index in [1.165, 1.54) is 12.1 Å². The van der Waals surface area contributed by atoms with Crippen LogP contribution in [0.25, 0.3) is 0 Å². The summed E-state index contributed by atoms with van der Waals surface area (Å²) in [4.78, 5) is 12.4. The highest BCUT2D eigenvalue weighted by atomic mass is 32.2. The Morgan fingerprint density at radius 2 is 2.17 bits per heavy atom. The average Bonchev–Trinajstić information content (AvgIpc) is 3.42. The summed E-state index contributed by atoms with van der Waals surface area (Å²) < 4.78 is 48.2. The number of fused-ring (bicyclic) bond motifs is 1. The zero-order valence-corrected chi connectivity index (χ0v) is 16.9. The first kappa shape index (κ1) is 20.0.